The number of carbonyl (C=O) groups is 3. The Labute approximate surface area is 572 Å². The van der Waals surface area contributed by atoms with Gasteiger partial charge in [0.15, 0.2) is 18.7 Å². The third-order valence-corrected chi connectivity index (χ3v) is 19.0. The largest absolute Gasteiger partial charge is 0.472 e. The number of aliphatic hydroxyl groups is 10. The molecule has 1 saturated carbocycles. The Morgan fingerprint density at radius 1 is 0.427 bits per heavy atom. The minimum atomic E-state index is -5.72. The summed E-state index contributed by atoms with van der Waals surface area (Å²) < 4.78 is 64.7. The number of carbonyl (C=O) groups excluding carboxylic acids is 3. The second-order valence-electron chi connectivity index (χ2n) is 26.4. The van der Waals surface area contributed by atoms with Crippen LogP contribution in [0, 0.1) is 0 Å². The fraction of sp³-hybridized carbons (Fsp3) is 0.873. The highest BCUT2D eigenvalue weighted by Gasteiger charge is 2.58. The number of aliphatic hydroxyl groups excluding tert-OH is 10. The molecule has 18 atom stereocenters. The number of hydrogen-bond acceptors (Lipinski definition) is 23. The number of phosphoric acid groups is 1. The summed E-state index contributed by atoms with van der Waals surface area (Å²) in [5.74, 6) is -2.27. The van der Waals surface area contributed by atoms with Crippen LogP contribution in [-0.4, -0.2) is 204 Å². The van der Waals surface area contributed by atoms with Crippen LogP contribution in [0.15, 0.2) is 36.5 Å². The molecule has 18 unspecified atom stereocenters. The van der Waals surface area contributed by atoms with E-state index < -0.39 is 156 Å². The molecule has 0 aromatic heterocycles. The molecule has 11 N–H and O–H groups in total. The van der Waals surface area contributed by atoms with Crippen LogP contribution < -0.4 is 0 Å². The molecule has 96 heavy (non-hydrogen) atoms. The van der Waals surface area contributed by atoms with Crippen LogP contribution in [0.1, 0.15) is 265 Å². The van der Waals surface area contributed by atoms with Crippen LogP contribution in [0.25, 0.3) is 0 Å². The molecule has 560 valence electrons. The van der Waals surface area contributed by atoms with Crippen molar-refractivity contribution in [2.24, 2.45) is 0 Å². The normalized spacial score (nSPS) is 28.1. The van der Waals surface area contributed by atoms with Gasteiger partial charge in [-0.3, -0.25) is 18.6 Å². The van der Waals surface area contributed by atoms with E-state index in [2.05, 4.69) is 32.9 Å². The van der Waals surface area contributed by atoms with Crippen LogP contribution in [0.5, 0.6) is 0 Å². The standard InChI is InChI=1S/C71H127O24P/c1-4-7-10-13-16-19-22-25-27-29-31-34-36-39-42-45-55(73)87-49-52(90-57(75)47-44-41-38-35-32-28-26-23-20-17-14-11-8-5-2)50-89-96(85,86)95-69-67(93-70-65(83)60(78)58(76)53(48-72)91-70)63(81)62(80)64(82)68(69)94-71-66(84)61(79)59(77)54(92-71)51-88-56(74)46-43-40-37-33-30-24-21-18-15-12-9-6-3/h28,32,36,39,42,45,52-54,58-72,76-84H,4-27,29-31,33-35,37-38,40-41,43-44,46-51H2,1-3H3,(H,85,86)/b32-28-,39-36+,45-42+. The number of phosphoric ester groups is 1. The van der Waals surface area contributed by atoms with Gasteiger partial charge in [-0.25, -0.2) is 9.36 Å². The summed E-state index contributed by atoms with van der Waals surface area (Å²) in [4.78, 5) is 50.8. The van der Waals surface area contributed by atoms with E-state index in [9.17, 15) is 74.9 Å². The number of esters is 3. The summed E-state index contributed by atoms with van der Waals surface area (Å²) in [5, 5.41) is 110. The van der Waals surface area contributed by atoms with Crippen LogP contribution in [-0.2, 0) is 61.2 Å². The summed E-state index contributed by atoms with van der Waals surface area (Å²) in [6, 6.07) is 0. The van der Waals surface area contributed by atoms with Gasteiger partial charge in [-0.1, -0.05) is 231 Å². The maximum absolute atomic E-state index is 14.3. The molecule has 0 aromatic rings. The van der Waals surface area contributed by atoms with Crippen molar-refractivity contribution >= 4 is 25.7 Å². The van der Waals surface area contributed by atoms with Gasteiger partial charge in [0.25, 0.3) is 0 Å². The van der Waals surface area contributed by atoms with E-state index in [0.717, 1.165) is 89.5 Å². The van der Waals surface area contributed by atoms with Crippen molar-refractivity contribution in [1.29, 1.82) is 0 Å². The molecule has 3 rings (SSSR count). The molecule has 0 amide bonds. The Hall–Kier alpha value is -2.82. The van der Waals surface area contributed by atoms with Gasteiger partial charge in [-0.2, -0.15) is 0 Å². The van der Waals surface area contributed by atoms with Crippen molar-refractivity contribution in [2.45, 2.75) is 369 Å². The third kappa shape index (κ3) is 36.2. The molecule has 2 aliphatic heterocycles. The maximum Gasteiger partial charge on any atom is 0.472 e. The molecule has 2 saturated heterocycles. The van der Waals surface area contributed by atoms with Gasteiger partial charge in [0.2, 0.25) is 0 Å². The quantitative estimate of drug-likeness (QED) is 0.00513. The minimum absolute atomic E-state index is 0.0265. The highest BCUT2D eigenvalue weighted by Crippen LogP contribution is 2.49. The van der Waals surface area contributed by atoms with Gasteiger partial charge in [-0.05, 0) is 51.4 Å². The first kappa shape index (κ1) is 87.4. The lowest BCUT2D eigenvalue weighted by Gasteiger charge is -2.49. The Bertz CT molecular complexity index is 2140. The highest BCUT2D eigenvalue weighted by molar-refractivity contribution is 7.47. The molecule has 0 spiro atoms. The highest BCUT2D eigenvalue weighted by atomic mass is 31.2. The van der Waals surface area contributed by atoms with E-state index in [0.29, 0.717) is 19.3 Å². The van der Waals surface area contributed by atoms with Gasteiger partial charge in [-0.15, -0.1) is 0 Å². The molecule has 3 aliphatic rings. The molecule has 1 aliphatic carbocycles. The summed E-state index contributed by atoms with van der Waals surface area (Å²) in [7, 11) is -5.72. The van der Waals surface area contributed by atoms with E-state index in [1.54, 1.807) is 6.08 Å². The second-order valence-corrected chi connectivity index (χ2v) is 27.8. The SMILES string of the molecule is CCCCCCCCC/C=C\CCCCCC(=O)OC(COC(=O)/C=C/C=C/CCCCCCCCCCCCC)COP(=O)(O)OC1C(OC2OC(CO)C(O)C(O)C2O)C(O)C(O)C(O)C1OC1OC(COC(=O)CCCCCCCCCCCCCC)C(O)C(O)C1O. The van der Waals surface area contributed by atoms with Crippen molar-refractivity contribution in [3.05, 3.63) is 36.5 Å². The van der Waals surface area contributed by atoms with Crippen LogP contribution in [0.4, 0.5) is 0 Å². The smallest absolute Gasteiger partial charge is 0.463 e. The third-order valence-electron chi connectivity index (χ3n) is 18.0. The molecule has 25 heteroatoms. The first-order valence-corrected chi connectivity index (χ1v) is 38.3. The molecule has 0 bridgehead atoms. The monoisotopic (exact) mass is 1390 g/mol. The lowest BCUT2D eigenvalue weighted by Crippen LogP contribution is -2.69. The predicted molar refractivity (Wildman–Crippen MR) is 361 cm³/mol. The first-order valence-electron chi connectivity index (χ1n) is 36.8. The Morgan fingerprint density at radius 2 is 0.812 bits per heavy atom. The summed E-state index contributed by atoms with van der Waals surface area (Å²) in [6.45, 7) is 3.29. The number of ether oxygens (including phenoxy) is 7. The summed E-state index contributed by atoms with van der Waals surface area (Å²) in [5.41, 5.74) is 0. The van der Waals surface area contributed by atoms with Gasteiger partial charge in [0.05, 0.1) is 13.2 Å². The Kier molecular flexibility index (Phi) is 48.3. The van der Waals surface area contributed by atoms with E-state index in [1.165, 1.54) is 134 Å². The molecular weight excluding hydrogens is 1270 g/mol. The summed E-state index contributed by atoms with van der Waals surface area (Å²) in [6.07, 6.45) is 14.4. The molecule has 3 fully saturated rings. The lowest BCUT2D eigenvalue weighted by atomic mass is 9.84. The van der Waals surface area contributed by atoms with Crippen LogP contribution in [0.3, 0.4) is 0 Å². The average molecular weight is 1400 g/mol. The van der Waals surface area contributed by atoms with E-state index in [-0.39, 0.29) is 12.8 Å². The predicted octanol–water partition coefficient (Wildman–Crippen LogP) is 9.51. The minimum Gasteiger partial charge on any atom is -0.463 e. The van der Waals surface area contributed by atoms with Crippen molar-refractivity contribution in [3.63, 3.8) is 0 Å². The summed E-state index contributed by atoms with van der Waals surface area (Å²) >= 11 is 0. The number of rotatable bonds is 56. The van der Waals surface area contributed by atoms with Gasteiger partial charge >= 0.3 is 25.7 Å². The molecule has 2 heterocycles. The zero-order valence-electron chi connectivity index (χ0n) is 58.2. The fourth-order valence-electron chi connectivity index (χ4n) is 12.0. The van der Waals surface area contributed by atoms with E-state index >= 15 is 0 Å². The van der Waals surface area contributed by atoms with Crippen molar-refractivity contribution in [1.82, 2.24) is 0 Å². The number of unbranched alkanes of at least 4 members (excludes halogenated alkanes) is 32. The zero-order chi connectivity index (χ0) is 70.4. The van der Waals surface area contributed by atoms with Gasteiger partial charge in [0, 0.05) is 18.9 Å². The Morgan fingerprint density at radius 3 is 1.27 bits per heavy atom. The zero-order valence-corrected chi connectivity index (χ0v) is 59.0. The van der Waals surface area contributed by atoms with E-state index in [4.69, 9.17) is 42.2 Å². The van der Waals surface area contributed by atoms with Crippen LogP contribution in [0.2, 0.25) is 0 Å². The second kappa shape index (κ2) is 53.1. The van der Waals surface area contributed by atoms with Crippen molar-refractivity contribution < 1.29 is 117 Å². The van der Waals surface area contributed by atoms with Crippen LogP contribution >= 0.6 is 7.82 Å². The number of allylic oxidation sites excluding steroid dienone is 5. The van der Waals surface area contributed by atoms with Crippen molar-refractivity contribution in [3.8, 4) is 0 Å². The van der Waals surface area contributed by atoms with Crippen molar-refractivity contribution in [2.75, 3.05) is 26.4 Å². The topological polar surface area (TPSA) is 374 Å². The first-order chi connectivity index (χ1) is 46.3. The van der Waals surface area contributed by atoms with Gasteiger partial charge < -0.3 is 89.1 Å². The average Bonchev–Trinajstić information content (AvgIpc) is 0.764. The molecule has 0 radical (unpaired) electrons. The lowest BCUT2D eigenvalue weighted by molar-refractivity contribution is -0.360. The Balaban J connectivity index is 1.77. The van der Waals surface area contributed by atoms with Gasteiger partial charge in [0.1, 0.15) is 98.7 Å². The molecule has 24 nitrogen and oxygen atoms in total. The molecular formula is C71H127O24P. The fourth-order valence-corrected chi connectivity index (χ4v) is 12.9. The maximum atomic E-state index is 14.3. The van der Waals surface area contributed by atoms with E-state index in [1.807, 2.05) is 6.08 Å². The number of hydrogen-bond donors (Lipinski definition) is 11. The molecule has 0 aromatic carbocycles.